The van der Waals surface area contributed by atoms with E-state index in [1.54, 1.807) is 6.07 Å². The lowest BCUT2D eigenvalue weighted by atomic mass is 9.95. The minimum atomic E-state index is -0.756. The topological polar surface area (TPSA) is 55.1 Å². The molecule has 0 bridgehead atoms. The summed E-state index contributed by atoms with van der Waals surface area (Å²) in [5.41, 5.74) is 1.48. The van der Waals surface area contributed by atoms with Crippen molar-refractivity contribution in [2.24, 2.45) is 5.92 Å². The van der Waals surface area contributed by atoms with Crippen molar-refractivity contribution in [1.29, 1.82) is 0 Å². The number of hydrogen-bond donors (Lipinski definition) is 1. The molecule has 1 aliphatic rings. The number of halogens is 1. The zero-order chi connectivity index (χ0) is 14.3. The Morgan fingerprint density at radius 2 is 2.30 bits per heavy atom. The molecule has 1 aliphatic carbocycles. The van der Waals surface area contributed by atoms with Crippen LogP contribution in [0.1, 0.15) is 37.9 Å². The number of benzene rings is 1. The van der Waals surface area contributed by atoms with Gasteiger partial charge in [0.25, 0.3) is 0 Å². The summed E-state index contributed by atoms with van der Waals surface area (Å²) >= 11 is 0. The van der Waals surface area contributed by atoms with Crippen LogP contribution in [0.3, 0.4) is 0 Å². The molecule has 106 valence electrons. The van der Waals surface area contributed by atoms with E-state index in [2.05, 4.69) is 4.98 Å². The number of rotatable bonds is 3. The highest BCUT2D eigenvalue weighted by molar-refractivity contribution is 5.77. The molecule has 2 atom stereocenters. The maximum Gasteiger partial charge on any atom is 0.307 e. The van der Waals surface area contributed by atoms with Crippen LogP contribution in [0.5, 0.6) is 0 Å². The summed E-state index contributed by atoms with van der Waals surface area (Å²) < 4.78 is 15.3. The number of fused-ring (bicyclic) bond motifs is 1. The van der Waals surface area contributed by atoms with Crippen LogP contribution >= 0.6 is 0 Å². The lowest BCUT2D eigenvalue weighted by Gasteiger charge is -2.16. The van der Waals surface area contributed by atoms with Gasteiger partial charge in [-0.3, -0.25) is 4.79 Å². The fourth-order valence-electron chi connectivity index (χ4n) is 3.30. The number of hydrogen-bond acceptors (Lipinski definition) is 2. The minimum absolute atomic E-state index is 0.0667. The Morgan fingerprint density at radius 3 is 3.00 bits per heavy atom. The van der Waals surface area contributed by atoms with E-state index in [0.717, 1.165) is 24.2 Å². The minimum Gasteiger partial charge on any atom is -0.481 e. The van der Waals surface area contributed by atoms with Crippen molar-refractivity contribution in [3.8, 4) is 0 Å². The molecule has 1 N–H and O–H groups in total. The summed E-state index contributed by atoms with van der Waals surface area (Å²) in [4.78, 5) is 15.9. The van der Waals surface area contributed by atoms with E-state index in [1.807, 2.05) is 11.5 Å². The predicted octanol–water partition coefficient (Wildman–Crippen LogP) is 3.16. The number of carbonyl (C=O) groups is 1. The molecule has 0 amide bonds. The first-order valence-electron chi connectivity index (χ1n) is 7.00. The van der Waals surface area contributed by atoms with Crippen LogP contribution in [0.4, 0.5) is 4.39 Å². The average molecular weight is 276 g/mol. The quantitative estimate of drug-likeness (QED) is 0.936. The summed E-state index contributed by atoms with van der Waals surface area (Å²) in [6.45, 7) is 2.71. The predicted molar refractivity (Wildman–Crippen MR) is 73.1 cm³/mol. The molecule has 4 nitrogen and oxygen atoms in total. The molecule has 2 unspecified atom stereocenters. The number of carboxylic acids is 1. The Morgan fingerprint density at radius 1 is 1.50 bits per heavy atom. The third-order valence-electron chi connectivity index (χ3n) is 4.22. The van der Waals surface area contributed by atoms with Crippen molar-refractivity contribution in [3.63, 3.8) is 0 Å². The molecular formula is C15H17FN2O2. The number of nitrogens with zero attached hydrogens (tertiary/aromatic N) is 2. The van der Waals surface area contributed by atoms with E-state index in [-0.39, 0.29) is 17.7 Å². The van der Waals surface area contributed by atoms with Gasteiger partial charge in [-0.15, -0.1) is 0 Å². The van der Waals surface area contributed by atoms with Crippen molar-refractivity contribution >= 4 is 17.0 Å². The molecule has 0 saturated heterocycles. The van der Waals surface area contributed by atoms with Gasteiger partial charge in [-0.25, -0.2) is 9.37 Å². The van der Waals surface area contributed by atoms with Gasteiger partial charge in [0.05, 0.1) is 17.0 Å². The van der Waals surface area contributed by atoms with E-state index in [9.17, 15) is 14.3 Å². The SMILES string of the molecule is CCn1c(C2CCCC2C(=O)O)nc2cc(F)ccc21. The van der Waals surface area contributed by atoms with Gasteiger partial charge >= 0.3 is 5.97 Å². The van der Waals surface area contributed by atoms with Gasteiger partial charge in [0.15, 0.2) is 0 Å². The summed E-state index contributed by atoms with van der Waals surface area (Å²) in [6, 6.07) is 4.55. The molecule has 3 rings (SSSR count). The molecule has 1 saturated carbocycles. The standard InChI is InChI=1S/C15H17FN2O2/c1-2-18-13-7-6-9(16)8-12(13)17-14(18)10-4-3-5-11(10)15(19)20/h6-8,10-11H,2-5H2,1H3,(H,19,20). The zero-order valence-corrected chi connectivity index (χ0v) is 11.3. The van der Waals surface area contributed by atoms with Crippen LogP contribution in [-0.2, 0) is 11.3 Å². The summed E-state index contributed by atoms with van der Waals surface area (Å²) in [5.74, 6) is -0.720. The Kier molecular flexibility index (Phi) is 3.20. The van der Waals surface area contributed by atoms with E-state index in [0.29, 0.717) is 18.5 Å². The van der Waals surface area contributed by atoms with Crippen molar-refractivity contribution < 1.29 is 14.3 Å². The third kappa shape index (κ3) is 1.97. The van der Waals surface area contributed by atoms with Crippen LogP contribution in [0.25, 0.3) is 11.0 Å². The monoisotopic (exact) mass is 276 g/mol. The molecule has 1 heterocycles. The van der Waals surface area contributed by atoms with Gasteiger partial charge < -0.3 is 9.67 Å². The van der Waals surface area contributed by atoms with Crippen LogP contribution in [-0.4, -0.2) is 20.6 Å². The van der Waals surface area contributed by atoms with Crippen LogP contribution in [0.15, 0.2) is 18.2 Å². The molecular weight excluding hydrogens is 259 g/mol. The number of carboxylic acid groups (broad SMARTS) is 1. The van der Waals surface area contributed by atoms with Crippen LogP contribution in [0, 0.1) is 11.7 Å². The first-order valence-corrected chi connectivity index (χ1v) is 7.00. The van der Waals surface area contributed by atoms with Gasteiger partial charge in [-0.1, -0.05) is 6.42 Å². The van der Waals surface area contributed by atoms with E-state index in [1.165, 1.54) is 12.1 Å². The maximum absolute atomic E-state index is 13.3. The van der Waals surface area contributed by atoms with E-state index in [4.69, 9.17) is 0 Å². The lowest BCUT2D eigenvalue weighted by Crippen LogP contribution is -2.20. The van der Waals surface area contributed by atoms with Gasteiger partial charge in [0, 0.05) is 18.5 Å². The molecule has 0 spiro atoms. The van der Waals surface area contributed by atoms with E-state index >= 15 is 0 Å². The number of imidazole rings is 1. The molecule has 20 heavy (non-hydrogen) atoms. The largest absolute Gasteiger partial charge is 0.481 e. The van der Waals surface area contributed by atoms with Gasteiger partial charge in [0.1, 0.15) is 11.6 Å². The molecule has 1 aromatic carbocycles. The Labute approximate surface area is 116 Å². The third-order valence-corrected chi connectivity index (χ3v) is 4.22. The van der Waals surface area contributed by atoms with Crippen molar-refractivity contribution in [2.75, 3.05) is 0 Å². The normalized spacial score (nSPS) is 22.5. The van der Waals surface area contributed by atoms with Crippen LogP contribution < -0.4 is 0 Å². The molecule has 2 aromatic rings. The Bertz CT molecular complexity index is 665. The fourth-order valence-corrected chi connectivity index (χ4v) is 3.30. The summed E-state index contributed by atoms with van der Waals surface area (Å²) in [5, 5.41) is 9.33. The molecule has 0 aliphatic heterocycles. The van der Waals surface area contributed by atoms with Crippen molar-refractivity contribution in [2.45, 2.75) is 38.6 Å². The number of aliphatic carboxylic acids is 1. The maximum atomic E-state index is 13.3. The highest BCUT2D eigenvalue weighted by atomic mass is 19.1. The van der Waals surface area contributed by atoms with Crippen LogP contribution in [0.2, 0.25) is 0 Å². The lowest BCUT2D eigenvalue weighted by molar-refractivity contribution is -0.142. The molecule has 1 aromatic heterocycles. The van der Waals surface area contributed by atoms with Gasteiger partial charge in [0.2, 0.25) is 0 Å². The highest BCUT2D eigenvalue weighted by Gasteiger charge is 2.37. The second-order valence-electron chi connectivity index (χ2n) is 5.33. The smallest absolute Gasteiger partial charge is 0.307 e. The average Bonchev–Trinajstić information content (AvgIpc) is 3.01. The second-order valence-corrected chi connectivity index (χ2v) is 5.33. The fraction of sp³-hybridized carbons (Fsp3) is 0.467. The van der Waals surface area contributed by atoms with Crippen molar-refractivity contribution in [3.05, 3.63) is 29.8 Å². The highest BCUT2D eigenvalue weighted by Crippen LogP contribution is 2.40. The number of aryl methyl sites for hydroxylation is 1. The van der Waals surface area contributed by atoms with Crippen molar-refractivity contribution in [1.82, 2.24) is 9.55 Å². The number of aromatic nitrogens is 2. The zero-order valence-electron chi connectivity index (χ0n) is 11.3. The van der Waals surface area contributed by atoms with Gasteiger partial charge in [-0.2, -0.15) is 0 Å². The first kappa shape index (κ1) is 13.1. The summed E-state index contributed by atoms with van der Waals surface area (Å²) in [6.07, 6.45) is 2.44. The van der Waals surface area contributed by atoms with Gasteiger partial charge in [-0.05, 0) is 31.9 Å². The summed E-state index contributed by atoms with van der Waals surface area (Å²) in [7, 11) is 0. The molecule has 5 heteroatoms. The first-order chi connectivity index (χ1) is 9.61. The van der Waals surface area contributed by atoms with E-state index < -0.39 is 5.97 Å². The Hall–Kier alpha value is -1.91. The Balaban J connectivity index is 2.13. The second kappa shape index (κ2) is 4.89. The molecule has 0 radical (unpaired) electrons. The molecule has 1 fully saturated rings.